The zero-order chi connectivity index (χ0) is 19.3. The number of Topliss-reactive ketones (excluding diaryl/α,β-unsaturated/α-hetero) is 1. The molecule has 0 radical (unpaired) electrons. The monoisotopic (exact) mass is 392 g/mol. The normalized spacial score (nSPS) is 16.7. The Hall–Kier alpha value is -2.83. The van der Waals surface area contributed by atoms with E-state index in [0.717, 1.165) is 11.3 Å². The van der Waals surface area contributed by atoms with Gasteiger partial charge in [-0.3, -0.25) is 9.59 Å². The van der Waals surface area contributed by atoms with Crippen molar-refractivity contribution in [1.82, 2.24) is 9.88 Å². The molecule has 0 spiro atoms. The van der Waals surface area contributed by atoms with Gasteiger partial charge in [0, 0.05) is 29.5 Å². The van der Waals surface area contributed by atoms with E-state index in [4.69, 9.17) is 4.74 Å². The molecule has 5 nitrogen and oxygen atoms in total. The molecule has 3 aromatic rings. The molecule has 2 heterocycles. The summed E-state index contributed by atoms with van der Waals surface area (Å²) in [4.78, 5) is 31.9. The average molecular weight is 392 g/mol. The maximum absolute atomic E-state index is 13.1. The van der Waals surface area contributed by atoms with E-state index in [1.807, 2.05) is 53.9 Å². The van der Waals surface area contributed by atoms with Crippen molar-refractivity contribution in [2.75, 3.05) is 19.8 Å². The number of carbonyl (C=O) groups excluding carboxylic acids is 2. The van der Waals surface area contributed by atoms with Gasteiger partial charge in [0.05, 0.1) is 24.9 Å². The lowest BCUT2D eigenvalue weighted by Gasteiger charge is -2.34. The van der Waals surface area contributed by atoms with Gasteiger partial charge in [0.2, 0.25) is 0 Å². The Morgan fingerprint density at radius 3 is 2.54 bits per heavy atom. The Bertz CT molecular complexity index is 956. The van der Waals surface area contributed by atoms with Crippen LogP contribution >= 0.6 is 11.3 Å². The Kier molecular flexibility index (Phi) is 5.60. The Morgan fingerprint density at radius 2 is 1.79 bits per heavy atom. The lowest BCUT2D eigenvalue weighted by atomic mass is 10.0. The fourth-order valence-electron chi connectivity index (χ4n) is 3.28. The highest BCUT2D eigenvalue weighted by Crippen LogP contribution is 2.24. The molecule has 0 saturated carbocycles. The lowest BCUT2D eigenvalue weighted by Crippen LogP contribution is -2.49. The molecular weight excluding hydrogens is 372 g/mol. The second-order valence-corrected chi connectivity index (χ2v) is 7.48. The van der Waals surface area contributed by atoms with Gasteiger partial charge >= 0.3 is 0 Å². The molecule has 1 amide bonds. The summed E-state index contributed by atoms with van der Waals surface area (Å²) in [7, 11) is 0. The van der Waals surface area contributed by atoms with E-state index in [1.165, 1.54) is 11.3 Å². The quantitative estimate of drug-likeness (QED) is 0.618. The van der Waals surface area contributed by atoms with Crippen molar-refractivity contribution >= 4 is 23.0 Å². The van der Waals surface area contributed by atoms with Crippen molar-refractivity contribution in [2.24, 2.45) is 0 Å². The molecule has 4 rings (SSSR count). The summed E-state index contributed by atoms with van der Waals surface area (Å²) >= 11 is 1.34. The second-order valence-electron chi connectivity index (χ2n) is 6.62. The summed E-state index contributed by atoms with van der Waals surface area (Å²) in [6.07, 6.45) is 0.243. The lowest BCUT2D eigenvalue weighted by molar-refractivity contribution is -0.00281. The molecule has 28 heavy (non-hydrogen) atoms. The number of carbonyl (C=O) groups is 2. The molecule has 1 unspecified atom stereocenters. The summed E-state index contributed by atoms with van der Waals surface area (Å²) in [5.74, 6) is -0.126. The Balaban J connectivity index is 1.50. The fraction of sp³-hybridized carbons (Fsp3) is 0.227. The number of ether oxygens (including phenoxy) is 1. The van der Waals surface area contributed by atoms with Crippen molar-refractivity contribution in [3.63, 3.8) is 0 Å². The third-order valence-electron chi connectivity index (χ3n) is 4.76. The first-order valence-electron chi connectivity index (χ1n) is 9.20. The summed E-state index contributed by atoms with van der Waals surface area (Å²) in [6, 6.07) is 18.7. The fourth-order valence-corrected chi connectivity index (χ4v) is 4.06. The van der Waals surface area contributed by atoms with Crippen LogP contribution in [-0.4, -0.2) is 47.4 Å². The number of nitrogens with zero attached hydrogens (tertiary/aromatic N) is 2. The predicted octanol–water partition coefficient (Wildman–Crippen LogP) is 3.92. The zero-order valence-corrected chi connectivity index (χ0v) is 16.1. The van der Waals surface area contributed by atoms with Crippen molar-refractivity contribution in [3.8, 4) is 11.3 Å². The average Bonchev–Trinajstić information content (AvgIpc) is 3.25. The van der Waals surface area contributed by atoms with Crippen LogP contribution in [0.25, 0.3) is 11.3 Å². The largest absolute Gasteiger partial charge is 0.377 e. The van der Waals surface area contributed by atoms with Crippen LogP contribution < -0.4 is 0 Å². The molecule has 1 aliphatic rings. The molecular formula is C22H20N2O3S. The standard InChI is InChI=1S/C22H20N2O3S/c25-20(17-9-5-2-6-10-17)13-18-14-27-12-11-24(18)22(26)21-23-19(15-28-21)16-7-3-1-4-8-16/h1-10,15,18H,11-14H2. The van der Waals surface area contributed by atoms with E-state index in [2.05, 4.69) is 4.98 Å². The van der Waals surface area contributed by atoms with E-state index in [-0.39, 0.29) is 24.2 Å². The smallest absolute Gasteiger partial charge is 0.283 e. The van der Waals surface area contributed by atoms with Gasteiger partial charge in [-0.15, -0.1) is 11.3 Å². The van der Waals surface area contributed by atoms with Crippen LogP contribution in [0.1, 0.15) is 26.6 Å². The van der Waals surface area contributed by atoms with E-state index < -0.39 is 0 Å². The van der Waals surface area contributed by atoms with Crippen molar-refractivity contribution in [2.45, 2.75) is 12.5 Å². The van der Waals surface area contributed by atoms with Gasteiger partial charge in [-0.25, -0.2) is 4.98 Å². The number of ketones is 1. The van der Waals surface area contributed by atoms with Crippen LogP contribution in [-0.2, 0) is 4.74 Å². The van der Waals surface area contributed by atoms with E-state index >= 15 is 0 Å². The molecule has 1 saturated heterocycles. The van der Waals surface area contributed by atoms with E-state index in [1.54, 1.807) is 17.0 Å². The number of morpholine rings is 1. The molecule has 142 valence electrons. The number of amides is 1. The minimum atomic E-state index is -0.280. The van der Waals surface area contributed by atoms with Crippen LogP contribution in [0.3, 0.4) is 0 Å². The van der Waals surface area contributed by atoms with Gasteiger partial charge < -0.3 is 9.64 Å². The first kappa shape index (κ1) is 18.5. The van der Waals surface area contributed by atoms with Gasteiger partial charge in [-0.2, -0.15) is 0 Å². The topological polar surface area (TPSA) is 59.5 Å². The van der Waals surface area contributed by atoms with Crippen molar-refractivity contribution < 1.29 is 14.3 Å². The number of aromatic nitrogens is 1. The predicted molar refractivity (Wildman–Crippen MR) is 109 cm³/mol. The second kappa shape index (κ2) is 8.46. The molecule has 0 N–H and O–H groups in total. The van der Waals surface area contributed by atoms with Crippen molar-refractivity contribution in [3.05, 3.63) is 76.6 Å². The van der Waals surface area contributed by atoms with Gasteiger partial charge in [-0.05, 0) is 0 Å². The van der Waals surface area contributed by atoms with E-state index in [9.17, 15) is 9.59 Å². The molecule has 1 atom stereocenters. The molecule has 2 aromatic carbocycles. The third kappa shape index (κ3) is 4.03. The maximum atomic E-state index is 13.1. The van der Waals surface area contributed by atoms with Gasteiger partial charge in [-0.1, -0.05) is 60.7 Å². The molecule has 0 aliphatic carbocycles. The minimum absolute atomic E-state index is 0.0120. The molecule has 1 aromatic heterocycles. The number of hydrogen-bond donors (Lipinski definition) is 0. The van der Waals surface area contributed by atoms with Crippen LogP contribution in [0.4, 0.5) is 0 Å². The SMILES string of the molecule is O=C(CC1COCCN1C(=O)c1nc(-c2ccccc2)cs1)c1ccccc1. The summed E-state index contributed by atoms with van der Waals surface area (Å²) < 4.78 is 5.55. The van der Waals surface area contributed by atoms with Crippen LogP contribution in [0.15, 0.2) is 66.0 Å². The van der Waals surface area contributed by atoms with Crippen LogP contribution in [0, 0.1) is 0 Å². The Morgan fingerprint density at radius 1 is 1.07 bits per heavy atom. The molecule has 1 fully saturated rings. The number of benzene rings is 2. The first-order chi connectivity index (χ1) is 13.7. The highest BCUT2D eigenvalue weighted by molar-refractivity contribution is 7.12. The summed E-state index contributed by atoms with van der Waals surface area (Å²) in [6.45, 7) is 1.30. The van der Waals surface area contributed by atoms with Crippen LogP contribution in [0.5, 0.6) is 0 Å². The number of hydrogen-bond acceptors (Lipinski definition) is 5. The number of thiazole rings is 1. The summed E-state index contributed by atoms with van der Waals surface area (Å²) in [5.41, 5.74) is 2.43. The maximum Gasteiger partial charge on any atom is 0.283 e. The van der Waals surface area contributed by atoms with Crippen LogP contribution in [0.2, 0.25) is 0 Å². The van der Waals surface area contributed by atoms with Crippen molar-refractivity contribution in [1.29, 1.82) is 0 Å². The van der Waals surface area contributed by atoms with Gasteiger partial charge in [0.25, 0.3) is 5.91 Å². The highest BCUT2D eigenvalue weighted by Gasteiger charge is 2.31. The van der Waals surface area contributed by atoms with Gasteiger partial charge in [0.15, 0.2) is 10.8 Å². The highest BCUT2D eigenvalue weighted by atomic mass is 32.1. The number of rotatable bonds is 5. The minimum Gasteiger partial charge on any atom is -0.377 e. The van der Waals surface area contributed by atoms with Gasteiger partial charge in [0.1, 0.15) is 0 Å². The molecule has 0 bridgehead atoms. The van der Waals surface area contributed by atoms with E-state index in [0.29, 0.717) is 30.3 Å². The molecule has 6 heteroatoms. The molecule has 1 aliphatic heterocycles. The Labute approximate surface area is 167 Å². The summed E-state index contributed by atoms with van der Waals surface area (Å²) in [5, 5.41) is 2.34. The first-order valence-corrected chi connectivity index (χ1v) is 10.1. The third-order valence-corrected chi connectivity index (χ3v) is 5.59. The zero-order valence-electron chi connectivity index (χ0n) is 15.3.